The molecule has 2 N–H and O–H groups in total. The van der Waals surface area contributed by atoms with Gasteiger partial charge >= 0.3 is 5.97 Å². The number of sulfonamides is 1. The van der Waals surface area contributed by atoms with E-state index in [4.69, 9.17) is 5.11 Å². The number of hydrogen-bond acceptors (Lipinski definition) is 4. The number of piperidine rings is 1. The van der Waals surface area contributed by atoms with E-state index in [1.807, 2.05) is 0 Å². The van der Waals surface area contributed by atoms with Gasteiger partial charge in [-0.2, -0.15) is 0 Å². The lowest BCUT2D eigenvalue weighted by atomic mass is 10.1. The summed E-state index contributed by atoms with van der Waals surface area (Å²) in [7, 11) is -3.46. The summed E-state index contributed by atoms with van der Waals surface area (Å²) in [5, 5.41) is 8.48. The molecule has 0 aromatic rings. The minimum absolute atomic E-state index is 0.0445. The molecule has 1 saturated heterocycles. The van der Waals surface area contributed by atoms with Gasteiger partial charge in [-0.25, -0.2) is 13.1 Å². The molecule has 0 saturated carbocycles. The van der Waals surface area contributed by atoms with Crippen LogP contribution in [-0.2, 0) is 14.8 Å². The molecule has 0 atom stereocenters. The van der Waals surface area contributed by atoms with E-state index >= 15 is 0 Å². The predicted molar refractivity (Wildman–Crippen MR) is 68.9 cm³/mol. The maximum Gasteiger partial charge on any atom is 0.304 e. The van der Waals surface area contributed by atoms with Crippen LogP contribution in [0.25, 0.3) is 0 Å². The van der Waals surface area contributed by atoms with Crippen molar-refractivity contribution in [2.24, 2.45) is 0 Å². The Morgan fingerprint density at radius 2 is 2.00 bits per heavy atom. The predicted octanol–water partition coefficient (Wildman–Crippen LogP) is 0.255. The molecule has 1 heterocycles. The number of carbonyl (C=O) groups is 1. The summed E-state index contributed by atoms with van der Waals surface area (Å²) in [6.45, 7) is 4.99. The molecule has 1 fully saturated rings. The van der Waals surface area contributed by atoms with Crippen molar-refractivity contribution in [1.29, 1.82) is 0 Å². The van der Waals surface area contributed by atoms with E-state index in [2.05, 4.69) is 16.5 Å². The number of aliphatic carboxylic acids is 1. The molecule has 6 nitrogen and oxygen atoms in total. The quantitative estimate of drug-likeness (QED) is 0.697. The first kappa shape index (κ1) is 15.4. The minimum atomic E-state index is -3.46. The number of hydrogen-bond donors (Lipinski definition) is 2. The third kappa shape index (κ3) is 5.79. The van der Waals surface area contributed by atoms with Gasteiger partial charge in [-0.3, -0.25) is 4.79 Å². The Hall–Kier alpha value is -0.660. The number of carboxylic acid groups (broad SMARTS) is 1. The third-order valence-corrected chi connectivity index (χ3v) is 4.49. The van der Waals surface area contributed by atoms with Gasteiger partial charge in [0.15, 0.2) is 0 Å². The number of carboxylic acids is 1. The molecule has 0 amide bonds. The van der Waals surface area contributed by atoms with Gasteiger partial charge in [-0.05, 0) is 38.9 Å². The van der Waals surface area contributed by atoms with Crippen LogP contribution in [0, 0.1) is 0 Å². The van der Waals surface area contributed by atoms with Crippen LogP contribution in [0.1, 0.15) is 32.6 Å². The van der Waals surface area contributed by atoms with Crippen LogP contribution < -0.4 is 4.72 Å². The lowest BCUT2D eigenvalue weighted by Gasteiger charge is -2.31. The molecular weight excluding hydrogens is 256 g/mol. The largest absolute Gasteiger partial charge is 0.481 e. The van der Waals surface area contributed by atoms with Gasteiger partial charge in [-0.1, -0.05) is 6.92 Å². The van der Waals surface area contributed by atoms with Crippen LogP contribution in [0.15, 0.2) is 0 Å². The molecule has 7 heteroatoms. The Morgan fingerprint density at radius 1 is 1.39 bits per heavy atom. The van der Waals surface area contributed by atoms with Crippen molar-refractivity contribution in [1.82, 2.24) is 9.62 Å². The van der Waals surface area contributed by atoms with Crippen molar-refractivity contribution < 1.29 is 18.3 Å². The molecule has 1 aliphatic rings. The van der Waals surface area contributed by atoms with Gasteiger partial charge in [0, 0.05) is 6.04 Å². The molecule has 0 unspecified atom stereocenters. The van der Waals surface area contributed by atoms with Crippen molar-refractivity contribution in [3.05, 3.63) is 0 Å². The van der Waals surface area contributed by atoms with Crippen LogP contribution in [0.2, 0.25) is 0 Å². The summed E-state index contributed by atoms with van der Waals surface area (Å²) in [6.07, 6.45) is 2.36. The van der Waals surface area contributed by atoms with E-state index in [-0.39, 0.29) is 18.2 Å². The Kier molecular flexibility index (Phi) is 6.04. The Labute approximate surface area is 108 Å². The van der Waals surface area contributed by atoms with E-state index in [1.54, 1.807) is 0 Å². The molecule has 0 aromatic heterocycles. The smallest absolute Gasteiger partial charge is 0.304 e. The average molecular weight is 278 g/mol. The van der Waals surface area contributed by atoms with Gasteiger partial charge in [0.25, 0.3) is 0 Å². The second-order valence-corrected chi connectivity index (χ2v) is 6.57. The fraction of sp³-hybridized carbons (Fsp3) is 0.909. The number of likely N-dealkylation sites (tertiary alicyclic amines) is 1. The highest BCUT2D eigenvalue weighted by Crippen LogP contribution is 2.11. The van der Waals surface area contributed by atoms with Crippen molar-refractivity contribution >= 4 is 16.0 Å². The molecule has 18 heavy (non-hydrogen) atoms. The summed E-state index contributed by atoms with van der Waals surface area (Å²) in [4.78, 5) is 12.7. The van der Waals surface area contributed by atoms with Gasteiger partial charge < -0.3 is 10.0 Å². The van der Waals surface area contributed by atoms with Crippen LogP contribution in [-0.4, -0.2) is 55.8 Å². The summed E-state index contributed by atoms with van der Waals surface area (Å²) >= 11 is 0. The average Bonchev–Trinajstić information content (AvgIpc) is 2.29. The van der Waals surface area contributed by atoms with Crippen LogP contribution in [0.3, 0.4) is 0 Å². The molecule has 0 bridgehead atoms. The first-order chi connectivity index (χ1) is 8.43. The van der Waals surface area contributed by atoms with E-state index in [1.165, 1.54) is 0 Å². The van der Waals surface area contributed by atoms with Gasteiger partial charge in [0.2, 0.25) is 10.0 Å². The first-order valence-electron chi connectivity index (χ1n) is 6.37. The number of nitrogens with zero attached hydrogens (tertiary/aromatic N) is 1. The van der Waals surface area contributed by atoms with E-state index < -0.39 is 16.0 Å². The molecular formula is C11H22N2O4S. The molecule has 1 aliphatic heterocycles. The van der Waals surface area contributed by atoms with Gasteiger partial charge in [0.1, 0.15) is 0 Å². The fourth-order valence-corrected chi connectivity index (χ4v) is 3.43. The zero-order valence-electron chi connectivity index (χ0n) is 10.8. The van der Waals surface area contributed by atoms with Crippen LogP contribution in [0.4, 0.5) is 0 Å². The number of nitrogens with one attached hydrogen (secondary N) is 1. The third-order valence-electron chi connectivity index (χ3n) is 3.06. The van der Waals surface area contributed by atoms with Crippen molar-refractivity contribution in [3.8, 4) is 0 Å². The van der Waals surface area contributed by atoms with Crippen LogP contribution in [0.5, 0.6) is 0 Å². The normalized spacial score (nSPS) is 18.9. The molecule has 106 valence electrons. The fourth-order valence-electron chi connectivity index (χ4n) is 2.13. The summed E-state index contributed by atoms with van der Waals surface area (Å²) in [5.41, 5.74) is 0. The van der Waals surface area contributed by atoms with Crippen LogP contribution >= 0.6 is 0 Å². The van der Waals surface area contributed by atoms with E-state index in [9.17, 15) is 13.2 Å². The maximum absolute atomic E-state index is 11.6. The van der Waals surface area contributed by atoms with Gasteiger partial charge in [0.05, 0.1) is 12.2 Å². The first-order valence-corrected chi connectivity index (χ1v) is 8.02. The highest BCUT2D eigenvalue weighted by atomic mass is 32.2. The molecule has 1 rings (SSSR count). The Bertz CT molecular complexity index is 361. The second kappa shape index (κ2) is 7.06. The zero-order valence-corrected chi connectivity index (χ0v) is 11.6. The standard InChI is InChI=1S/C11H22N2O4S/c1-2-6-13-7-3-10(4-8-13)12-18(16,17)9-5-11(14)15/h10,12H,2-9H2,1H3,(H,14,15). The summed E-state index contributed by atoms with van der Waals surface area (Å²) in [6, 6.07) is -0.0445. The van der Waals surface area contributed by atoms with Crippen molar-refractivity contribution in [3.63, 3.8) is 0 Å². The lowest BCUT2D eigenvalue weighted by Crippen LogP contribution is -2.45. The lowest BCUT2D eigenvalue weighted by molar-refractivity contribution is -0.136. The number of rotatable bonds is 7. The van der Waals surface area contributed by atoms with E-state index in [0.29, 0.717) is 0 Å². The summed E-state index contributed by atoms with van der Waals surface area (Å²) < 4.78 is 25.8. The Balaban J connectivity index is 2.33. The summed E-state index contributed by atoms with van der Waals surface area (Å²) in [5.74, 6) is -1.42. The SMILES string of the molecule is CCCN1CCC(NS(=O)(=O)CCC(=O)O)CC1. The second-order valence-electron chi connectivity index (χ2n) is 4.70. The molecule has 0 aliphatic carbocycles. The highest BCUT2D eigenvalue weighted by molar-refractivity contribution is 7.89. The molecule has 0 aromatic carbocycles. The van der Waals surface area contributed by atoms with Crippen molar-refractivity contribution in [2.45, 2.75) is 38.6 Å². The zero-order chi connectivity index (χ0) is 13.6. The molecule has 0 radical (unpaired) electrons. The highest BCUT2D eigenvalue weighted by Gasteiger charge is 2.23. The molecule has 0 spiro atoms. The van der Waals surface area contributed by atoms with Gasteiger partial charge in [-0.15, -0.1) is 0 Å². The topological polar surface area (TPSA) is 86.7 Å². The maximum atomic E-state index is 11.6. The van der Waals surface area contributed by atoms with E-state index in [0.717, 1.165) is 38.9 Å². The monoisotopic (exact) mass is 278 g/mol. The Morgan fingerprint density at radius 3 is 2.50 bits per heavy atom. The minimum Gasteiger partial charge on any atom is -0.481 e. The van der Waals surface area contributed by atoms with Crippen molar-refractivity contribution in [2.75, 3.05) is 25.4 Å².